The first-order valence-corrected chi connectivity index (χ1v) is 14.5. The first-order chi connectivity index (χ1) is 19.4. The van der Waals surface area contributed by atoms with E-state index in [1.54, 1.807) is 58.3 Å². The van der Waals surface area contributed by atoms with Crippen LogP contribution in [-0.4, -0.2) is 81.3 Å². The monoisotopic (exact) mass is 595 g/mol. The average Bonchev–Trinajstić information content (AvgIpc) is 3.44. The molecule has 14 nitrogen and oxygen atoms in total. The van der Waals surface area contributed by atoms with Crippen LogP contribution in [0.25, 0.3) is 11.2 Å². The maximum atomic E-state index is 16.0. The van der Waals surface area contributed by atoms with Gasteiger partial charge in [-0.25, -0.2) is 13.9 Å². The third-order valence-corrected chi connectivity index (χ3v) is 7.93. The van der Waals surface area contributed by atoms with Crippen molar-refractivity contribution in [1.29, 1.82) is 0 Å². The summed E-state index contributed by atoms with van der Waals surface area (Å²) in [6, 6.07) is 7.09. The Morgan fingerprint density at radius 1 is 1.22 bits per heavy atom. The minimum Gasteiger partial charge on any atom is -0.462 e. The van der Waals surface area contributed by atoms with Crippen molar-refractivity contribution < 1.29 is 37.4 Å². The third kappa shape index (κ3) is 6.60. The summed E-state index contributed by atoms with van der Waals surface area (Å²) in [5, 5.41) is 19.2. The Kier molecular flexibility index (Phi) is 9.14. The van der Waals surface area contributed by atoms with Gasteiger partial charge >= 0.3 is 13.7 Å². The fraction of sp³-hybridized carbons (Fsp3) is 0.520. The second-order valence-corrected chi connectivity index (χ2v) is 11.6. The van der Waals surface area contributed by atoms with E-state index in [9.17, 15) is 14.5 Å². The first kappa shape index (κ1) is 30.6. The van der Waals surface area contributed by atoms with Crippen LogP contribution in [0.1, 0.15) is 33.9 Å². The van der Waals surface area contributed by atoms with Crippen LogP contribution in [-0.2, 0) is 23.4 Å². The molecule has 16 heteroatoms. The zero-order valence-corrected chi connectivity index (χ0v) is 24.5. The van der Waals surface area contributed by atoms with Gasteiger partial charge in [0, 0.05) is 14.1 Å². The molecule has 0 aliphatic carbocycles. The number of anilines is 2. The van der Waals surface area contributed by atoms with Crippen molar-refractivity contribution in [3.8, 4) is 5.75 Å². The molecular weight excluding hydrogens is 560 g/mol. The second kappa shape index (κ2) is 12.2. The predicted molar refractivity (Wildman–Crippen MR) is 148 cm³/mol. The topological polar surface area (TPSA) is 171 Å². The van der Waals surface area contributed by atoms with Crippen LogP contribution in [0.15, 0.2) is 36.7 Å². The largest absolute Gasteiger partial charge is 0.462 e. The number of carbonyl (C=O) groups excluding carboxylic acids is 1. The summed E-state index contributed by atoms with van der Waals surface area (Å²) in [7, 11) is -0.978. The number of ether oxygens (including phenoxy) is 2. The van der Waals surface area contributed by atoms with Crippen LogP contribution in [0.3, 0.4) is 0 Å². The Hall–Kier alpha value is -3.36. The SMILES string of the molecule is CNc1nc(NC)c2ncn([C@@H]3O[C@H](CO[P@@](=O)(N[C@@H](C)C(=O)OC(C)C)Oc4ccccc4)[C@@H](O)[C@@]3(C)F)c2n1. The average molecular weight is 596 g/mol. The van der Waals surface area contributed by atoms with E-state index in [1.165, 1.54) is 24.7 Å². The molecular formula is C25H35FN7O7P. The van der Waals surface area contributed by atoms with Crippen LogP contribution in [0, 0.1) is 0 Å². The van der Waals surface area contributed by atoms with Crippen molar-refractivity contribution >= 4 is 36.6 Å². The number of aliphatic hydroxyl groups excluding tert-OH is 1. The number of rotatable bonds is 12. The predicted octanol–water partition coefficient (Wildman–Crippen LogP) is 3.03. The van der Waals surface area contributed by atoms with Gasteiger partial charge in [0.15, 0.2) is 28.9 Å². The zero-order chi connectivity index (χ0) is 29.9. The zero-order valence-electron chi connectivity index (χ0n) is 23.6. The third-order valence-electron chi connectivity index (χ3n) is 6.29. The molecule has 1 saturated heterocycles. The van der Waals surface area contributed by atoms with Crippen LogP contribution >= 0.6 is 7.75 Å². The summed E-state index contributed by atoms with van der Waals surface area (Å²) in [5.41, 5.74) is -1.71. The summed E-state index contributed by atoms with van der Waals surface area (Å²) >= 11 is 0. The Bertz CT molecular complexity index is 1410. The molecule has 1 aliphatic heterocycles. The highest BCUT2D eigenvalue weighted by Gasteiger charge is 2.56. The molecule has 0 saturated carbocycles. The van der Waals surface area contributed by atoms with Gasteiger partial charge in [-0.2, -0.15) is 15.1 Å². The summed E-state index contributed by atoms with van der Waals surface area (Å²) in [4.78, 5) is 25.4. The van der Waals surface area contributed by atoms with Crippen molar-refractivity contribution in [2.24, 2.45) is 0 Å². The van der Waals surface area contributed by atoms with Crippen LogP contribution < -0.4 is 20.2 Å². The van der Waals surface area contributed by atoms with Gasteiger partial charge in [0.05, 0.1) is 19.0 Å². The van der Waals surface area contributed by atoms with Gasteiger partial charge in [-0.1, -0.05) is 18.2 Å². The number of halogens is 1. The van der Waals surface area contributed by atoms with Crippen molar-refractivity contribution in [2.75, 3.05) is 31.3 Å². The van der Waals surface area contributed by atoms with E-state index < -0.39 is 56.6 Å². The van der Waals surface area contributed by atoms with Crippen molar-refractivity contribution in [3.05, 3.63) is 36.7 Å². The Morgan fingerprint density at radius 2 is 1.93 bits per heavy atom. The number of aromatic nitrogens is 4. The number of fused-ring (bicyclic) bond motifs is 1. The van der Waals surface area contributed by atoms with E-state index in [1.807, 2.05) is 0 Å². The number of hydrogen-bond donors (Lipinski definition) is 4. The molecule has 0 bridgehead atoms. The Balaban J connectivity index is 1.57. The Morgan fingerprint density at radius 3 is 2.56 bits per heavy atom. The number of nitrogens with one attached hydrogen (secondary N) is 3. The van der Waals surface area contributed by atoms with Gasteiger partial charge < -0.3 is 29.7 Å². The first-order valence-electron chi connectivity index (χ1n) is 13.0. The van der Waals surface area contributed by atoms with Gasteiger partial charge in [-0.05, 0) is 39.8 Å². The number of para-hydroxylation sites is 1. The lowest BCUT2D eigenvalue weighted by Crippen LogP contribution is -2.41. The quantitative estimate of drug-likeness (QED) is 0.178. The summed E-state index contributed by atoms with van der Waals surface area (Å²) in [5.74, 6) is 0.189. The fourth-order valence-corrected chi connectivity index (χ4v) is 5.73. The van der Waals surface area contributed by atoms with Gasteiger partial charge in [0.2, 0.25) is 5.95 Å². The van der Waals surface area contributed by atoms with Crippen molar-refractivity contribution in [2.45, 2.75) is 63.9 Å². The number of alkyl halides is 1. The number of aliphatic hydroxyl groups is 1. The number of hydrogen-bond acceptors (Lipinski definition) is 12. The summed E-state index contributed by atoms with van der Waals surface area (Å²) in [6.45, 7) is 5.43. The molecule has 1 aliphatic rings. The number of benzene rings is 1. The second-order valence-electron chi connectivity index (χ2n) is 9.88. The molecule has 0 spiro atoms. The molecule has 1 aromatic carbocycles. The molecule has 4 rings (SSSR count). The highest BCUT2D eigenvalue weighted by Crippen LogP contribution is 2.48. The van der Waals surface area contributed by atoms with E-state index in [-0.39, 0.29) is 17.3 Å². The molecule has 6 atom stereocenters. The number of imidazole rings is 1. The molecule has 4 N–H and O–H groups in total. The standard InChI is InChI=1S/C25H35FN7O7P/c1-14(2)38-22(35)15(3)32-41(36,40-16-10-8-7-9-11-16)37-12-17-19(34)25(4,26)23(39-17)33-13-29-18-20(27-5)30-24(28-6)31-21(18)33/h7-11,13-15,17,19,23,34H,12H2,1-6H3,(H,32,36)(H2,27,28,30,31)/t15-,17+,19+,23+,25+,41-/m0/s1. The van der Waals surface area contributed by atoms with E-state index in [0.29, 0.717) is 11.3 Å². The summed E-state index contributed by atoms with van der Waals surface area (Å²) in [6.07, 6.45) is -3.42. The summed E-state index contributed by atoms with van der Waals surface area (Å²) < 4.78 is 53.5. The number of carbonyl (C=O) groups is 1. The highest BCUT2D eigenvalue weighted by molar-refractivity contribution is 7.52. The van der Waals surface area contributed by atoms with E-state index >= 15 is 4.39 Å². The van der Waals surface area contributed by atoms with Crippen LogP contribution in [0.5, 0.6) is 5.75 Å². The molecule has 2 aromatic heterocycles. The van der Waals surface area contributed by atoms with Crippen molar-refractivity contribution in [1.82, 2.24) is 24.6 Å². The molecule has 3 heterocycles. The Labute approximate surface area is 236 Å². The molecule has 0 unspecified atom stereocenters. The van der Waals surface area contributed by atoms with Crippen LogP contribution in [0.2, 0.25) is 0 Å². The van der Waals surface area contributed by atoms with Gasteiger partial charge in [-0.15, -0.1) is 0 Å². The van der Waals surface area contributed by atoms with Crippen LogP contribution in [0.4, 0.5) is 16.2 Å². The highest BCUT2D eigenvalue weighted by atomic mass is 31.2. The molecule has 41 heavy (non-hydrogen) atoms. The van der Waals surface area contributed by atoms with E-state index in [0.717, 1.165) is 0 Å². The maximum Gasteiger partial charge on any atom is 0.459 e. The lowest BCUT2D eigenvalue weighted by atomic mass is 9.98. The number of nitrogens with zero attached hydrogens (tertiary/aromatic N) is 4. The number of esters is 1. The van der Waals surface area contributed by atoms with Gasteiger partial charge in [0.25, 0.3) is 0 Å². The fourth-order valence-electron chi connectivity index (χ4n) is 4.23. The van der Waals surface area contributed by atoms with E-state index in [4.69, 9.17) is 18.5 Å². The normalized spacial score (nSPS) is 24.7. The molecule has 0 amide bonds. The maximum absolute atomic E-state index is 16.0. The van der Waals surface area contributed by atoms with E-state index in [2.05, 4.69) is 30.7 Å². The lowest BCUT2D eigenvalue weighted by Gasteiger charge is -2.25. The smallest absolute Gasteiger partial charge is 0.459 e. The molecule has 224 valence electrons. The van der Waals surface area contributed by atoms with Crippen molar-refractivity contribution in [3.63, 3.8) is 0 Å². The minimum atomic E-state index is -4.28. The van der Waals surface area contributed by atoms with Gasteiger partial charge in [-0.3, -0.25) is 13.9 Å². The lowest BCUT2D eigenvalue weighted by molar-refractivity contribution is -0.149. The molecule has 0 radical (unpaired) electrons. The van der Waals surface area contributed by atoms with Gasteiger partial charge in [0.1, 0.15) is 24.0 Å². The molecule has 3 aromatic rings. The molecule has 1 fully saturated rings. The minimum absolute atomic E-state index is 0.194.